The van der Waals surface area contributed by atoms with Crippen molar-refractivity contribution in [3.8, 4) is 0 Å². The molecule has 1 nitrogen and oxygen atoms in total. The van der Waals surface area contributed by atoms with Crippen LogP contribution in [0.3, 0.4) is 0 Å². The molecule has 0 radical (unpaired) electrons. The Morgan fingerprint density at radius 1 is 1.07 bits per heavy atom. The second-order valence-electron chi connectivity index (χ2n) is 5.58. The summed E-state index contributed by atoms with van der Waals surface area (Å²) < 4.78 is 0. The Kier molecular flexibility index (Phi) is 3.48. The lowest BCUT2D eigenvalue weighted by molar-refractivity contribution is 0.251. The topological polar surface area (TPSA) is 12.0 Å². The standard InChI is InChI=1S/C13H25N/c1-10-9-14-11(2)13(10)8-12-6-4-3-5-7-12/h10-14H,3-9H2,1-2H3. The fraction of sp³-hybridized carbons (Fsp3) is 1.00. The van der Waals surface area contributed by atoms with Crippen molar-refractivity contribution in [1.29, 1.82) is 0 Å². The Balaban J connectivity index is 1.82. The molecule has 1 saturated carbocycles. The molecule has 1 N–H and O–H groups in total. The van der Waals surface area contributed by atoms with Crippen molar-refractivity contribution in [2.24, 2.45) is 17.8 Å². The van der Waals surface area contributed by atoms with Gasteiger partial charge in [0.25, 0.3) is 0 Å². The third-order valence-electron chi connectivity index (χ3n) is 4.47. The molecule has 2 fully saturated rings. The van der Waals surface area contributed by atoms with Crippen LogP contribution in [0.4, 0.5) is 0 Å². The summed E-state index contributed by atoms with van der Waals surface area (Å²) in [6, 6.07) is 0.770. The van der Waals surface area contributed by atoms with Gasteiger partial charge >= 0.3 is 0 Å². The average Bonchev–Trinajstić information content (AvgIpc) is 2.51. The molecule has 1 heteroatoms. The van der Waals surface area contributed by atoms with Gasteiger partial charge < -0.3 is 5.32 Å². The van der Waals surface area contributed by atoms with E-state index in [9.17, 15) is 0 Å². The van der Waals surface area contributed by atoms with Crippen molar-refractivity contribution in [1.82, 2.24) is 5.32 Å². The molecular weight excluding hydrogens is 170 g/mol. The minimum atomic E-state index is 0.770. The first-order valence-electron chi connectivity index (χ1n) is 6.50. The number of nitrogens with one attached hydrogen (secondary N) is 1. The molecule has 1 heterocycles. The molecule has 0 amide bonds. The molecule has 0 spiro atoms. The van der Waals surface area contributed by atoms with Crippen LogP contribution in [-0.2, 0) is 0 Å². The Hall–Kier alpha value is -0.0400. The zero-order valence-electron chi connectivity index (χ0n) is 9.76. The highest BCUT2D eigenvalue weighted by atomic mass is 15.0. The zero-order chi connectivity index (χ0) is 9.97. The van der Waals surface area contributed by atoms with Gasteiger partial charge in [-0.1, -0.05) is 39.0 Å². The molecule has 0 aromatic heterocycles. The highest BCUT2D eigenvalue weighted by Gasteiger charge is 2.31. The largest absolute Gasteiger partial charge is 0.314 e. The monoisotopic (exact) mass is 195 g/mol. The summed E-state index contributed by atoms with van der Waals surface area (Å²) in [6.45, 7) is 6.04. The molecule has 2 rings (SSSR count). The average molecular weight is 195 g/mol. The van der Waals surface area contributed by atoms with Gasteiger partial charge in [-0.05, 0) is 37.6 Å². The van der Waals surface area contributed by atoms with Crippen LogP contribution in [0.2, 0.25) is 0 Å². The maximum atomic E-state index is 3.61. The molecule has 0 bridgehead atoms. The highest BCUT2D eigenvalue weighted by molar-refractivity contribution is 4.87. The van der Waals surface area contributed by atoms with Gasteiger partial charge in [-0.2, -0.15) is 0 Å². The van der Waals surface area contributed by atoms with Crippen LogP contribution in [-0.4, -0.2) is 12.6 Å². The van der Waals surface area contributed by atoms with E-state index in [-0.39, 0.29) is 0 Å². The third-order valence-corrected chi connectivity index (χ3v) is 4.47. The van der Waals surface area contributed by atoms with Gasteiger partial charge in [0.2, 0.25) is 0 Å². The van der Waals surface area contributed by atoms with E-state index in [0.29, 0.717) is 0 Å². The van der Waals surface area contributed by atoms with Crippen LogP contribution in [0.15, 0.2) is 0 Å². The van der Waals surface area contributed by atoms with Crippen molar-refractivity contribution in [3.63, 3.8) is 0 Å². The fourth-order valence-electron chi connectivity index (χ4n) is 3.41. The normalized spacial score (nSPS) is 40.3. The molecule has 3 unspecified atom stereocenters. The molecule has 0 aromatic rings. The minimum absolute atomic E-state index is 0.770. The Labute approximate surface area is 88.7 Å². The summed E-state index contributed by atoms with van der Waals surface area (Å²) in [5, 5.41) is 3.61. The molecule has 2 aliphatic rings. The summed E-state index contributed by atoms with van der Waals surface area (Å²) >= 11 is 0. The van der Waals surface area contributed by atoms with Crippen LogP contribution < -0.4 is 5.32 Å². The van der Waals surface area contributed by atoms with Crippen LogP contribution >= 0.6 is 0 Å². The lowest BCUT2D eigenvalue weighted by Crippen LogP contribution is -2.25. The Morgan fingerprint density at radius 3 is 2.36 bits per heavy atom. The molecule has 0 aromatic carbocycles. The summed E-state index contributed by atoms with van der Waals surface area (Å²) in [4.78, 5) is 0. The predicted octanol–water partition coefficient (Wildman–Crippen LogP) is 3.20. The molecular formula is C13H25N. The summed E-state index contributed by atoms with van der Waals surface area (Å²) in [6.07, 6.45) is 8.99. The highest BCUT2D eigenvalue weighted by Crippen LogP contribution is 2.34. The van der Waals surface area contributed by atoms with Gasteiger partial charge in [0, 0.05) is 6.04 Å². The van der Waals surface area contributed by atoms with E-state index in [0.717, 1.165) is 23.8 Å². The predicted molar refractivity (Wildman–Crippen MR) is 61.3 cm³/mol. The van der Waals surface area contributed by atoms with Crippen molar-refractivity contribution in [2.45, 2.75) is 58.4 Å². The summed E-state index contributed by atoms with van der Waals surface area (Å²) in [5.74, 6) is 2.92. The lowest BCUT2D eigenvalue weighted by atomic mass is 9.78. The minimum Gasteiger partial charge on any atom is -0.314 e. The molecule has 3 atom stereocenters. The van der Waals surface area contributed by atoms with Gasteiger partial charge in [0.05, 0.1) is 0 Å². The van der Waals surface area contributed by atoms with E-state index in [1.165, 1.54) is 45.1 Å². The SMILES string of the molecule is CC1CNC(C)C1CC1CCCCC1. The number of rotatable bonds is 2. The van der Waals surface area contributed by atoms with E-state index in [4.69, 9.17) is 0 Å². The van der Waals surface area contributed by atoms with E-state index in [1.54, 1.807) is 0 Å². The summed E-state index contributed by atoms with van der Waals surface area (Å²) in [7, 11) is 0. The molecule has 1 aliphatic carbocycles. The van der Waals surface area contributed by atoms with E-state index in [2.05, 4.69) is 19.2 Å². The number of hydrogen-bond donors (Lipinski definition) is 1. The second kappa shape index (κ2) is 4.65. The van der Waals surface area contributed by atoms with Gasteiger partial charge in [0.15, 0.2) is 0 Å². The van der Waals surface area contributed by atoms with Gasteiger partial charge in [-0.25, -0.2) is 0 Å². The van der Waals surface area contributed by atoms with Gasteiger partial charge in [-0.3, -0.25) is 0 Å². The van der Waals surface area contributed by atoms with E-state index in [1.807, 2.05) is 0 Å². The van der Waals surface area contributed by atoms with Crippen LogP contribution in [0.1, 0.15) is 52.4 Å². The number of hydrogen-bond acceptors (Lipinski definition) is 1. The van der Waals surface area contributed by atoms with Crippen LogP contribution in [0.25, 0.3) is 0 Å². The Bertz CT molecular complexity index is 162. The summed E-state index contributed by atoms with van der Waals surface area (Å²) in [5.41, 5.74) is 0. The zero-order valence-corrected chi connectivity index (χ0v) is 9.76. The second-order valence-corrected chi connectivity index (χ2v) is 5.58. The molecule has 1 saturated heterocycles. The van der Waals surface area contributed by atoms with Gasteiger partial charge in [0.1, 0.15) is 0 Å². The first-order chi connectivity index (χ1) is 6.77. The Morgan fingerprint density at radius 2 is 1.79 bits per heavy atom. The first-order valence-corrected chi connectivity index (χ1v) is 6.50. The first kappa shape index (κ1) is 10.5. The van der Waals surface area contributed by atoms with Gasteiger partial charge in [-0.15, -0.1) is 0 Å². The van der Waals surface area contributed by atoms with Crippen molar-refractivity contribution in [2.75, 3.05) is 6.54 Å². The smallest absolute Gasteiger partial charge is 0.00702 e. The van der Waals surface area contributed by atoms with E-state index >= 15 is 0 Å². The lowest BCUT2D eigenvalue weighted by Gasteiger charge is -2.28. The van der Waals surface area contributed by atoms with Crippen molar-refractivity contribution < 1.29 is 0 Å². The maximum Gasteiger partial charge on any atom is 0.00702 e. The van der Waals surface area contributed by atoms with Crippen LogP contribution in [0, 0.1) is 17.8 Å². The maximum absolute atomic E-state index is 3.61. The third kappa shape index (κ3) is 2.31. The molecule has 1 aliphatic heterocycles. The van der Waals surface area contributed by atoms with Crippen molar-refractivity contribution >= 4 is 0 Å². The van der Waals surface area contributed by atoms with Crippen LogP contribution in [0.5, 0.6) is 0 Å². The fourth-order valence-corrected chi connectivity index (χ4v) is 3.41. The quantitative estimate of drug-likeness (QED) is 0.713. The van der Waals surface area contributed by atoms with Crippen molar-refractivity contribution in [3.05, 3.63) is 0 Å². The molecule has 82 valence electrons. The molecule has 14 heavy (non-hydrogen) atoms. The van der Waals surface area contributed by atoms with E-state index < -0.39 is 0 Å².